The van der Waals surface area contributed by atoms with Crippen LogP contribution < -0.4 is 10.7 Å². The van der Waals surface area contributed by atoms with Crippen LogP contribution in [0.1, 0.15) is 43.2 Å². The van der Waals surface area contributed by atoms with Gasteiger partial charge in [0.25, 0.3) is 11.6 Å². The highest BCUT2D eigenvalue weighted by Crippen LogP contribution is 2.18. The Morgan fingerprint density at radius 2 is 2.13 bits per heavy atom. The van der Waals surface area contributed by atoms with Crippen molar-refractivity contribution in [1.82, 2.24) is 10.7 Å². The van der Waals surface area contributed by atoms with E-state index in [0.29, 0.717) is 17.2 Å². The lowest BCUT2D eigenvalue weighted by molar-refractivity contribution is -0.385. The summed E-state index contributed by atoms with van der Waals surface area (Å²) in [6.07, 6.45) is 7.34. The summed E-state index contributed by atoms with van der Waals surface area (Å²) in [6.45, 7) is 1.91. The van der Waals surface area contributed by atoms with Gasteiger partial charge in [0, 0.05) is 23.2 Å². The summed E-state index contributed by atoms with van der Waals surface area (Å²) in [5.74, 6) is -0.214. The molecule has 1 aromatic carbocycles. The number of aryl methyl sites for hydroxylation is 1. The highest BCUT2D eigenvalue weighted by Gasteiger charge is 2.13. The molecule has 1 saturated carbocycles. The van der Waals surface area contributed by atoms with Crippen LogP contribution in [0, 0.1) is 17.0 Å². The van der Waals surface area contributed by atoms with Crippen molar-refractivity contribution in [1.29, 1.82) is 0 Å². The molecule has 1 aliphatic carbocycles. The first-order chi connectivity index (χ1) is 11.1. The van der Waals surface area contributed by atoms with E-state index in [-0.39, 0.29) is 18.1 Å². The Bertz CT molecular complexity index is 595. The zero-order valence-electron chi connectivity index (χ0n) is 13.2. The molecule has 2 N–H and O–H groups in total. The molecule has 0 bridgehead atoms. The minimum absolute atomic E-state index is 0.0410. The number of carbonyl (C=O) groups excluding carboxylic acids is 1. The zero-order valence-corrected chi connectivity index (χ0v) is 13.2. The fourth-order valence-electron chi connectivity index (χ4n) is 2.67. The van der Waals surface area contributed by atoms with Crippen molar-refractivity contribution in [3.8, 4) is 0 Å². The predicted molar refractivity (Wildman–Crippen MR) is 88.4 cm³/mol. The molecule has 0 unspecified atom stereocenters. The van der Waals surface area contributed by atoms with Crippen molar-refractivity contribution < 1.29 is 9.72 Å². The van der Waals surface area contributed by atoms with Gasteiger partial charge in [0.1, 0.15) is 0 Å². The van der Waals surface area contributed by atoms with Gasteiger partial charge in [-0.2, -0.15) is 5.10 Å². The average Bonchev–Trinajstić information content (AvgIpc) is 2.55. The number of nitrogens with one attached hydrogen (secondary N) is 2. The van der Waals surface area contributed by atoms with Crippen molar-refractivity contribution in [3.05, 3.63) is 39.4 Å². The number of nitro groups is 1. The normalized spacial score (nSPS) is 15.7. The van der Waals surface area contributed by atoms with Crippen LogP contribution in [-0.4, -0.2) is 29.6 Å². The Kier molecular flexibility index (Phi) is 6.22. The van der Waals surface area contributed by atoms with E-state index < -0.39 is 4.92 Å². The molecule has 0 heterocycles. The molecule has 124 valence electrons. The van der Waals surface area contributed by atoms with E-state index in [9.17, 15) is 14.9 Å². The molecular formula is C16H22N4O3. The molecule has 1 fully saturated rings. The fraction of sp³-hybridized carbons (Fsp3) is 0.500. The summed E-state index contributed by atoms with van der Waals surface area (Å²) in [5, 5.41) is 17.9. The Hall–Kier alpha value is -2.28. The predicted octanol–water partition coefficient (Wildman–Crippen LogP) is 2.28. The molecule has 0 aliphatic heterocycles. The van der Waals surface area contributed by atoms with Gasteiger partial charge in [-0.15, -0.1) is 0 Å². The van der Waals surface area contributed by atoms with Crippen molar-refractivity contribution in [2.75, 3.05) is 6.54 Å². The molecule has 23 heavy (non-hydrogen) atoms. The largest absolute Gasteiger partial charge is 0.306 e. The van der Waals surface area contributed by atoms with Gasteiger partial charge in [-0.25, -0.2) is 5.43 Å². The van der Waals surface area contributed by atoms with Crippen LogP contribution in [0.2, 0.25) is 0 Å². The van der Waals surface area contributed by atoms with Crippen molar-refractivity contribution in [2.45, 2.75) is 45.1 Å². The van der Waals surface area contributed by atoms with Gasteiger partial charge >= 0.3 is 0 Å². The van der Waals surface area contributed by atoms with Crippen LogP contribution >= 0.6 is 0 Å². The maximum absolute atomic E-state index is 11.7. The zero-order chi connectivity index (χ0) is 16.7. The summed E-state index contributed by atoms with van der Waals surface area (Å²) >= 11 is 0. The van der Waals surface area contributed by atoms with E-state index in [1.165, 1.54) is 31.5 Å². The summed E-state index contributed by atoms with van der Waals surface area (Å²) in [4.78, 5) is 22.2. The Balaban J connectivity index is 1.80. The molecule has 7 nitrogen and oxygen atoms in total. The monoisotopic (exact) mass is 318 g/mol. The topological polar surface area (TPSA) is 96.6 Å². The van der Waals surface area contributed by atoms with Crippen molar-refractivity contribution in [2.24, 2.45) is 5.10 Å². The van der Waals surface area contributed by atoms with E-state index in [4.69, 9.17) is 0 Å². The van der Waals surface area contributed by atoms with Gasteiger partial charge in [-0.3, -0.25) is 14.9 Å². The lowest BCUT2D eigenvalue weighted by atomic mass is 9.95. The highest BCUT2D eigenvalue weighted by molar-refractivity contribution is 5.83. The quantitative estimate of drug-likeness (QED) is 0.478. The van der Waals surface area contributed by atoms with Gasteiger partial charge < -0.3 is 5.32 Å². The molecule has 1 aromatic rings. The van der Waals surface area contributed by atoms with Gasteiger partial charge in [0.2, 0.25) is 0 Å². The van der Waals surface area contributed by atoms with E-state index in [0.717, 1.165) is 12.8 Å². The first-order valence-electron chi connectivity index (χ1n) is 7.86. The van der Waals surface area contributed by atoms with E-state index in [2.05, 4.69) is 15.8 Å². The average molecular weight is 318 g/mol. The van der Waals surface area contributed by atoms with Gasteiger partial charge in [0.05, 0.1) is 17.7 Å². The van der Waals surface area contributed by atoms with Crippen molar-refractivity contribution in [3.63, 3.8) is 0 Å². The molecule has 0 spiro atoms. The standard InChI is InChI=1S/C16H22N4O3/c1-12-7-8-13(9-15(12)20(22)23)10-18-19-16(21)11-17-14-5-3-2-4-6-14/h7-10,14,17H,2-6,11H2,1H3,(H,19,21)/b18-10-. The third-order valence-corrected chi connectivity index (χ3v) is 3.99. The van der Waals surface area contributed by atoms with E-state index in [1.54, 1.807) is 19.1 Å². The van der Waals surface area contributed by atoms with Gasteiger partial charge in [-0.05, 0) is 19.8 Å². The third-order valence-electron chi connectivity index (χ3n) is 3.99. The second-order valence-electron chi connectivity index (χ2n) is 5.81. The number of carbonyl (C=O) groups is 1. The smallest absolute Gasteiger partial charge is 0.272 e. The molecule has 1 amide bonds. The lowest BCUT2D eigenvalue weighted by Gasteiger charge is -2.22. The number of hydrogen-bond donors (Lipinski definition) is 2. The Morgan fingerprint density at radius 1 is 1.39 bits per heavy atom. The number of amides is 1. The number of nitro benzene ring substituents is 1. The minimum Gasteiger partial charge on any atom is -0.306 e. The molecule has 0 atom stereocenters. The van der Waals surface area contributed by atoms with Crippen LogP contribution in [-0.2, 0) is 4.79 Å². The van der Waals surface area contributed by atoms with Gasteiger partial charge in [-0.1, -0.05) is 31.4 Å². The van der Waals surface area contributed by atoms with Crippen LogP contribution in [0.5, 0.6) is 0 Å². The highest BCUT2D eigenvalue weighted by atomic mass is 16.6. The number of rotatable bonds is 6. The first kappa shape index (κ1) is 17.1. The molecular weight excluding hydrogens is 296 g/mol. The van der Waals surface area contributed by atoms with Gasteiger partial charge in [0.15, 0.2) is 0 Å². The second-order valence-corrected chi connectivity index (χ2v) is 5.81. The van der Waals surface area contributed by atoms with Crippen LogP contribution in [0.15, 0.2) is 23.3 Å². The summed E-state index contributed by atoms with van der Waals surface area (Å²) in [7, 11) is 0. The fourth-order valence-corrected chi connectivity index (χ4v) is 2.67. The number of benzene rings is 1. The third kappa shape index (κ3) is 5.45. The molecule has 1 aliphatic rings. The summed E-state index contributed by atoms with van der Waals surface area (Å²) < 4.78 is 0. The van der Waals surface area contributed by atoms with Crippen LogP contribution in [0.25, 0.3) is 0 Å². The Morgan fingerprint density at radius 3 is 2.83 bits per heavy atom. The minimum atomic E-state index is -0.431. The second kappa shape index (κ2) is 8.38. The molecule has 0 saturated heterocycles. The summed E-state index contributed by atoms with van der Waals surface area (Å²) in [5.41, 5.74) is 3.64. The maximum atomic E-state index is 11.7. The molecule has 0 aromatic heterocycles. The number of hydrogen-bond acceptors (Lipinski definition) is 5. The SMILES string of the molecule is Cc1ccc(/C=N\NC(=O)CNC2CCCCC2)cc1[N+](=O)[O-]. The number of nitrogens with zero attached hydrogens (tertiary/aromatic N) is 2. The molecule has 0 radical (unpaired) electrons. The number of hydrazone groups is 1. The maximum Gasteiger partial charge on any atom is 0.272 e. The van der Waals surface area contributed by atoms with E-state index >= 15 is 0 Å². The molecule has 2 rings (SSSR count). The lowest BCUT2D eigenvalue weighted by Crippen LogP contribution is -2.38. The van der Waals surface area contributed by atoms with Crippen LogP contribution in [0.4, 0.5) is 5.69 Å². The first-order valence-corrected chi connectivity index (χ1v) is 7.86. The molecule has 7 heteroatoms. The summed E-state index contributed by atoms with van der Waals surface area (Å²) in [6, 6.07) is 5.23. The Labute approximate surface area is 135 Å². The van der Waals surface area contributed by atoms with Crippen molar-refractivity contribution >= 4 is 17.8 Å². The van der Waals surface area contributed by atoms with E-state index in [1.807, 2.05) is 0 Å². The van der Waals surface area contributed by atoms with Crippen LogP contribution in [0.3, 0.4) is 0 Å².